The lowest BCUT2D eigenvalue weighted by molar-refractivity contribution is 0.0433. The van der Waals surface area contributed by atoms with Gasteiger partial charge in [0, 0.05) is 12.1 Å². The van der Waals surface area contributed by atoms with Crippen LogP contribution < -0.4 is 5.76 Å². The van der Waals surface area contributed by atoms with E-state index in [1.54, 1.807) is 22.8 Å². The average molecular weight is 289 g/mol. The van der Waals surface area contributed by atoms with E-state index in [0.717, 1.165) is 24.8 Å². The van der Waals surface area contributed by atoms with Gasteiger partial charge in [-0.1, -0.05) is 6.92 Å². The number of hydrogen-bond acceptors (Lipinski definition) is 4. The summed E-state index contributed by atoms with van der Waals surface area (Å²) in [5.41, 5.74) is 1.74. The van der Waals surface area contributed by atoms with E-state index in [-0.39, 0.29) is 23.7 Å². The Morgan fingerprint density at radius 1 is 1.38 bits per heavy atom. The van der Waals surface area contributed by atoms with Gasteiger partial charge in [0.2, 0.25) is 0 Å². The first kappa shape index (κ1) is 14.1. The quantitative estimate of drug-likeness (QED) is 0.812. The first-order chi connectivity index (χ1) is 10.1. The second-order valence-corrected chi connectivity index (χ2v) is 5.58. The molecule has 5 heteroatoms. The van der Waals surface area contributed by atoms with Gasteiger partial charge in [0.1, 0.15) is 6.10 Å². The summed E-state index contributed by atoms with van der Waals surface area (Å²) in [6.45, 7) is 4.59. The van der Waals surface area contributed by atoms with Crippen molar-refractivity contribution in [3.8, 4) is 0 Å². The number of hydrogen-bond donors (Lipinski definition) is 0. The highest BCUT2D eigenvalue weighted by molar-refractivity contribution is 6.01. The van der Waals surface area contributed by atoms with E-state index >= 15 is 0 Å². The first-order valence-electron chi connectivity index (χ1n) is 7.43. The van der Waals surface area contributed by atoms with Gasteiger partial charge in [-0.2, -0.15) is 0 Å². The smallest absolute Gasteiger partial charge is 0.408 e. The number of nitrogens with zero attached hydrogens (tertiary/aromatic N) is 1. The van der Waals surface area contributed by atoms with Crippen LogP contribution in [0, 0.1) is 0 Å². The largest absolute Gasteiger partial charge is 0.419 e. The minimum atomic E-state index is -0.373. The zero-order valence-electron chi connectivity index (χ0n) is 12.3. The van der Waals surface area contributed by atoms with Crippen LogP contribution in [0.5, 0.6) is 0 Å². The normalized spacial score (nSPS) is 22.0. The molecule has 0 aliphatic carbocycles. The fraction of sp³-hybridized carbons (Fsp3) is 0.500. The summed E-state index contributed by atoms with van der Waals surface area (Å²) in [5.74, 6) is -0.408. The van der Waals surface area contributed by atoms with Gasteiger partial charge in [0.25, 0.3) is 0 Å². The van der Waals surface area contributed by atoms with Gasteiger partial charge in [0.05, 0.1) is 11.6 Å². The fourth-order valence-electron chi connectivity index (χ4n) is 2.84. The van der Waals surface area contributed by atoms with Crippen LogP contribution >= 0.6 is 0 Å². The summed E-state index contributed by atoms with van der Waals surface area (Å²) < 4.78 is 12.4. The number of fused-ring (bicyclic) bond motifs is 1. The van der Waals surface area contributed by atoms with Crippen molar-refractivity contribution >= 4 is 16.9 Å². The van der Waals surface area contributed by atoms with Crippen LogP contribution in [0.3, 0.4) is 0 Å². The SMILES string of the molecule is CCCn1c(=O)oc2cc(C(=O)C3CCC(C)O3)ccc21. The number of oxazole rings is 1. The number of carbonyl (C=O) groups is 1. The summed E-state index contributed by atoms with van der Waals surface area (Å²) >= 11 is 0. The van der Waals surface area contributed by atoms with Crippen molar-refractivity contribution in [3.63, 3.8) is 0 Å². The molecule has 1 aliphatic rings. The zero-order valence-corrected chi connectivity index (χ0v) is 12.3. The highest BCUT2D eigenvalue weighted by Gasteiger charge is 2.29. The topological polar surface area (TPSA) is 61.4 Å². The minimum absolute atomic E-state index is 0.0351. The van der Waals surface area contributed by atoms with Gasteiger partial charge >= 0.3 is 5.76 Å². The minimum Gasteiger partial charge on any atom is -0.408 e. The third-order valence-corrected chi connectivity index (χ3v) is 3.92. The lowest BCUT2D eigenvalue weighted by atomic mass is 10.0. The molecule has 2 atom stereocenters. The zero-order chi connectivity index (χ0) is 15.0. The van der Waals surface area contributed by atoms with Gasteiger partial charge in [0.15, 0.2) is 11.4 Å². The number of aryl methyl sites for hydroxylation is 1. The molecule has 0 amide bonds. The Labute approximate surface area is 122 Å². The molecule has 5 nitrogen and oxygen atoms in total. The number of aromatic nitrogens is 1. The van der Waals surface area contributed by atoms with Crippen LogP contribution in [-0.4, -0.2) is 22.6 Å². The monoisotopic (exact) mass is 289 g/mol. The molecule has 3 rings (SSSR count). The summed E-state index contributed by atoms with van der Waals surface area (Å²) in [7, 11) is 0. The van der Waals surface area contributed by atoms with E-state index in [2.05, 4.69) is 0 Å². The van der Waals surface area contributed by atoms with Gasteiger partial charge < -0.3 is 9.15 Å². The van der Waals surface area contributed by atoms with Crippen molar-refractivity contribution < 1.29 is 13.9 Å². The van der Waals surface area contributed by atoms with E-state index in [0.29, 0.717) is 17.7 Å². The molecule has 1 aromatic heterocycles. The second-order valence-electron chi connectivity index (χ2n) is 5.58. The van der Waals surface area contributed by atoms with E-state index in [9.17, 15) is 9.59 Å². The number of carbonyl (C=O) groups excluding carboxylic acids is 1. The number of ketones is 1. The second kappa shape index (κ2) is 5.48. The molecular formula is C16H19NO4. The summed E-state index contributed by atoms with van der Waals surface area (Å²) in [6, 6.07) is 5.18. The van der Waals surface area contributed by atoms with Crippen molar-refractivity contribution in [1.82, 2.24) is 4.57 Å². The molecule has 21 heavy (non-hydrogen) atoms. The van der Waals surface area contributed by atoms with E-state index in [1.807, 2.05) is 13.8 Å². The highest BCUT2D eigenvalue weighted by Crippen LogP contribution is 2.24. The number of ether oxygens (including phenoxy) is 1. The summed E-state index contributed by atoms with van der Waals surface area (Å²) in [4.78, 5) is 24.2. The van der Waals surface area contributed by atoms with Crippen LogP contribution in [0.2, 0.25) is 0 Å². The maximum absolute atomic E-state index is 12.4. The van der Waals surface area contributed by atoms with Crippen molar-refractivity contribution in [2.45, 2.75) is 51.9 Å². The predicted molar refractivity (Wildman–Crippen MR) is 78.7 cm³/mol. The van der Waals surface area contributed by atoms with Gasteiger partial charge in [-0.05, 0) is 44.4 Å². The maximum atomic E-state index is 12.4. The lowest BCUT2D eigenvalue weighted by Crippen LogP contribution is -2.20. The summed E-state index contributed by atoms with van der Waals surface area (Å²) in [5, 5.41) is 0. The third kappa shape index (κ3) is 2.53. The molecule has 1 aliphatic heterocycles. The Hall–Kier alpha value is -1.88. The van der Waals surface area contributed by atoms with E-state index in [4.69, 9.17) is 9.15 Å². The van der Waals surface area contributed by atoms with Gasteiger partial charge in [-0.3, -0.25) is 9.36 Å². The molecule has 1 saturated heterocycles. The van der Waals surface area contributed by atoms with E-state index < -0.39 is 0 Å². The van der Waals surface area contributed by atoms with Gasteiger partial charge in [-0.25, -0.2) is 4.79 Å². The fourth-order valence-corrected chi connectivity index (χ4v) is 2.84. The third-order valence-electron chi connectivity index (χ3n) is 3.92. The van der Waals surface area contributed by atoms with Crippen LogP contribution in [0.1, 0.15) is 43.5 Å². The molecule has 1 aromatic carbocycles. The van der Waals surface area contributed by atoms with Crippen LogP contribution in [0.15, 0.2) is 27.4 Å². The molecule has 0 N–H and O–H groups in total. The maximum Gasteiger partial charge on any atom is 0.419 e. The molecule has 112 valence electrons. The molecule has 1 fully saturated rings. The number of Topliss-reactive ketones (excluding diaryl/α,β-unsaturated/α-hetero) is 1. The molecule has 0 spiro atoms. The first-order valence-corrected chi connectivity index (χ1v) is 7.43. The Morgan fingerprint density at radius 2 is 2.19 bits per heavy atom. The van der Waals surface area contributed by atoms with Crippen molar-refractivity contribution in [2.75, 3.05) is 0 Å². The van der Waals surface area contributed by atoms with Crippen molar-refractivity contribution in [1.29, 1.82) is 0 Å². The number of benzene rings is 1. The van der Waals surface area contributed by atoms with Crippen molar-refractivity contribution in [3.05, 3.63) is 34.3 Å². The molecule has 2 heterocycles. The molecule has 2 unspecified atom stereocenters. The lowest BCUT2D eigenvalue weighted by Gasteiger charge is -2.09. The highest BCUT2D eigenvalue weighted by atomic mass is 16.5. The predicted octanol–water partition coefficient (Wildman–Crippen LogP) is 2.75. The average Bonchev–Trinajstić information content (AvgIpc) is 3.02. The molecule has 0 bridgehead atoms. The Morgan fingerprint density at radius 3 is 2.86 bits per heavy atom. The van der Waals surface area contributed by atoms with Crippen LogP contribution in [-0.2, 0) is 11.3 Å². The number of rotatable bonds is 4. The summed E-state index contributed by atoms with van der Waals surface area (Å²) in [6.07, 6.45) is 2.26. The Kier molecular flexibility index (Phi) is 3.68. The molecular weight excluding hydrogens is 270 g/mol. The molecule has 0 radical (unpaired) electrons. The molecule has 2 aromatic rings. The van der Waals surface area contributed by atoms with Gasteiger partial charge in [-0.15, -0.1) is 0 Å². The van der Waals surface area contributed by atoms with Crippen LogP contribution in [0.25, 0.3) is 11.1 Å². The Bertz CT molecular complexity index is 727. The standard InChI is InChI=1S/C16H19NO4/c1-3-8-17-12-6-5-11(9-14(12)21-16(17)19)15(18)13-7-4-10(2)20-13/h5-6,9-10,13H,3-4,7-8H2,1-2H3. The Balaban J connectivity index is 1.94. The van der Waals surface area contributed by atoms with Crippen LogP contribution in [0.4, 0.5) is 0 Å². The molecule has 0 saturated carbocycles. The van der Waals surface area contributed by atoms with Crippen molar-refractivity contribution in [2.24, 2.45) is 0 Å². The van der Waals surface area contributed by atoms with E-state index in [1.165, 1.54) is 0 Å².